The van der Waals surface area contributed by atoms with Gasteiger partial charge < -0.3 is 0 Å². The van der Waals surface area contributed by atoms with Crippen molar-refractivity contribution in [1.82, 2.24) is 0 Å². The molecule has 0 atom stereocenters. The third kappa shape index (κ3) is 9.68. The quantitative estimate of drug-likeness (QED) is 0.164. The first-order valence-electron chi connectivity index (χ1n) is 8.79. The zero-order chi connectivity index (χ0) is 18.7. The molecule has 0 aromatic rings. The second kappa shape index (κ2) is 12.5. The van der Waals surface area contributed by atoms with Crippen molar-refractivity contribution in [2.45, 2.75) is 98.4 Å². The molecule has 0 aliphatic heterocycles. The highest BCUT2D eigenvalue weighted by atomic mass is 35.5. The monoisotopic (exact) mass is 442 g/mol. The molecule has 0 amide bonds. The zero-order valence-corrected chi connectivity index (χ0v) is 18.2. The molecule has 24 heavy (non-hydrogen) atoms. The predicted molar refractivity (Wildman–Crippen MR) is 106 cm³/mol. The Morgan fingerprint density at radius 1 is 0.708 bits per heavy atom. The van der Waals surface area contributed by atoms with Crippen molar-refractivity contribution in [2.24, 2.45) is 0 Å². The summed E-state index contributed by atoms with van der Waals surface area (Å²) >= 11 is 23.0. The molecular weight excluding hydrogens is 414 g/mol. The highest BCUT2D eigenvalue weighted by Crippen LogP contribution is 2.49. The van der Waals surface area contributed by atoms with E-state index in [0.29, 0.717) is 6.42 Å². The van der Waals surface area contributed by atoms with Gasteiger partial charge in [-0.2, -0.15) is 8.42 Å². The van der Waals surface area contributed by atoms with Gasteiger partial charge >= 0.3 is 10.1 Å². The summed E-state index contributed by atoms with van der Waals surface area (Å²) in [5.74, 6) is 0. The SMILES string of the molecule is CCCCCCCCCCCCCCC(Cl)(Cl)C(Cl)(Cl)S(=O)(=O)O. The number of alkyl halides is 4. The van der Waals surface area contributed by atoms with Crippen molar-refractivity contribution >= 4 is 56.5 Å². The van der Waals surface area contributed by atoms with E-state index in [2.05, 4.69) is 6.92 Å². The number of hydrogen-bond donors (Lipinski definition) is 1. The summed E-state index contributed by atoms with van der Waals surface area (Å²) < 4.78 is 26.7. The number of unbranched alkanes of at least 4 members (excludes halogenated alkanes) is 11. The van der Waals surface area contributed by atoms with E-state index in [0.717, 1.165) is 19.3 Å². The van der Waals surface area contributed by atoms with Gasteiger partial charge in [-0.25, -0.2) is 0 Å². The molecule has 0 aromatic carbocycles. The van der Waals surface area contributed by atoms with Gasteiger partial charge in [0.1, 0.15) is 0 Å². The van der Waals surface area contributed by atoms with Crippen molar-refractivity contribution in [3.63, 3.8) is 0 Å². The Bertz CT molecular complexity index is 425. The maximum atomic E-state index is 11.1. The van der Waals surface area contributed by atoms with Crippen LogP contribution >= 0.6 is 46.4 Å². The second-order valence-electron chi connectivity index (χ2n) is 6.34. The summed E-state index contributed by atoms with van der Waals surface area (Å²) in [5, 5.41) is 0. The van der Waals surface area contributed by atoms with Crippen molar-refractivity contribution < 1.29 is 13.0 Å². The first-order chi connectivity index (χ1) is 11.1. The molecule has 0 unspecified atom stereocenters. The van der Waals surface area contributed by atoms with Crippen molar-refractivity contribution in [3.05, 3.63) is 0 Å². The third-order valence-electron chi connectivity index (χ3n) is 4.09. The normalized spacial score (nSPS) is 13.4. The highest BCUT2D eigenvalue weighted by molar-refractivity contribution is 7.90. The lowest BCUT2D eigenvalue weighted by molar-refractivity contribution is 0.461. The summed E-state index contributed by atoms with van der Waals surface area (Å²) in [7, 11) is -4.76. The molecule has 0 aliphatic rings. The van der Waals surface area contributed by atoms with E-state index < -0.39 is 18.1 Å². The zero-order valence-electron chi connectivity index (χ0n) is 14.4. The Kier molecular flexibility index (Phi) is 13.0. The van der Waals surface area contributed by atoms with Gasteiger partial charge in [0.25, 0.3) is 3.67 Å². The van der Waals surface area contributed by atoms with Crippen molar-refractivity contribution in [3.8, 4) is 0 Å². The Morgan fingerprint density at radius 3 is 1.38 bits per heavy atom. The van der Waals surface area contributed by atoms with E-state index in [1.54, 1.807) is 0 Å². The molecule has 0 heterocycles. The molecule has 0 fully saturated rings. The van der Waals surface area contributed by atoms with Gasteiger partial charge in [-0.1, -0.05) is 130 Å². The third-order valence-corrected chi connectivity index (χ3v) is 8.46. The van der Waals surface area contributed by atoms with E-state index in [1.165, 1.54) is 51.4 Å². The van der Waals surface area contributed by atoms with Gasteiger partial charge in [0, 0.05) is 0 Å². The number of halogens is 4. The molecule has 0 saturated heterocycles. The van der Waals surface area contributed by atoms with Crippen LogP contribution in [0.15, 0.2) is 0 Å². The summed E-state index contributed by atoms with van der Waals surface area (Å²) in [6.07, 6.45) is 14.1. The van der Waals surface area contributed by atoms with Gasteiger partial charge in [-0.05, 0) is 6.42 Å². The first kappa shape index (κ1) is 25.1. The van der Waals surface area contributed by atoms with E-state index >= 15 is 0 Å². The van der Waals surface area contributed by atoms with Crippen LogP contribution in [-0.2, 0) is 10.1 Å². The van der Waals surface area contributed by atoms with E-state index in [9.17, 15) is 8.42 Å². The van der Waals surface area contributed by atoms with Crippen LogP contribution in [0, 0.1) is 0 Å². The standard InChI is InChI=1S/C16H30Cl4O3S/c1-2-3-4-5-6-7-8-9-10-11-12-13-14-15(17,18)16(19,20)24(21,22)23/h2-14H2,1H3,(H,21,22,23). The van der Waals surface area contributed by atoms with Crippen molar-refractivity contribution in [2.75, 3.05) is 0 Å². The molecule has 0 saturated carbocycles. The van der Waals surface area contributed by atoms with Crippen LogP contribution in [0.1, 0.15) is 90.4 Å². The summed E-state index contributed by atoms with van der Waals surface area (Å²) in [5.41, 5.74) is 0. The summed E-state index contributed by atoms with van der Waals surface area (Å²) in [6, 6.07) is 0. The van der Waals surface area contributed by atoms with E-state index in [-0.39, 0.29) is 6.42 Å². The molecule has 8 heteroatoms. The van der Waals surface area contributed by atoms with Crippen LogP contribution in [0.3, 0.4) is 0 Å². The number of rotatable bonds is 15. The lowest BCUT2D eigenvalue weighted by Gasteiger charge is -2.29. The molecule has 146 valence electrons. The Morgan fingerprint density at radius 2 is 1.04 bits per heavy atom. The second-order valence-corrected chi connectivity index (χ2v) is 11.2. The lowest BCUT2D eigenvalue weighted by Crippen LogP contribution is -2.43. The lowest BCUT2D eigenvalue weighted by atomic mass is 10.0. The largest absolute Gasteiger partial charge is 0.302 e. The molecule has 1 N–H and O–H groups in total. The smallest absolute Gasteiger partial charge is 0.283 e. The van der Waals surface area contributed by atoms with E-state index in [4.69, 9.17) is 51.0 Å². The molecule has 0 aliphatic carbocycles. The molecule has 3 nitrogen and oxygen atoms in total. The fraction of sp³-hybridized carbons (Fsp3) is 1.00. The fourth-order valence-corrected chi connectivity index (χ4v) is 4.04. The van der Waals surface area contributed by atoms with Gasteiger partial charge in [0.05, 0.1) is 0 Å². The van der Waals surface area contributed by atoms with Crippen LogP contribution in [-0.4, -0.2) is 21.0 Å². The van der Waals surface area contributed by atoms with Gasteiger partial charge in [-0.15, -0.1) is 0 Å². The molecule has 0 rings (SSSR count). The van der Waals surface area contributed by atoms with Crippen LogP contribution in [0.25, 0.3) is 0 Å². The Labute approximate surface area is 167 Å². The highest BCUT2D eigenvalue weighted by Gasteiger charge is 2.56. The summed E-state index contributed by atoms with van der Waals surface area (Å²) in [4.78, 5) is 0. The molecule has 0 aromatic heterocycles. The number of hydrogen-bond acceptors (Lipinski definition) is 2. The fourth-order valence-electron chi connectivity index (χ4n) is 2.52. The minimum Gasteiger partial charge on any atom is -0.283 e. The van der Waals surface area contributed by atoms with Crippen LogP contribution in [0.4, 0.5) is 0 Å². The minimum atomic E-state index is -4.76. The van der Waals surface area contributed by atoms with E-state index in [1.807, 2.05) is 0 Å². The maximum absolute atomic E-state index is 11.1. The van der Waals surface area contributed by atoms with Crippen LogP contribution in [0.5, 0.6) is 0 Å². The van der Waals surface area contributed by atoms with Crippen molar-refractivity contribution in [1.29, 1.82) is 0 Å². The molecule has 0 radical (unpaired) electrons. The molecular formula is C16H30Cl4O3S. The molecule has 0 spiro atoms. The average molecular weight is 444 g/mol. The predicted octanol–water partition coefficient (Wildman–Crippen LogP) is 7.27. The van der Waals surface area contributed by atoms with Gasteiger partial charge in [-0.3, -0.25) is 4.55 Å². The minimum absolute atomic E-state index is 0.0975. The van der Waals surface area contributed by atoms with Gasteiger partial charge in [0.15, 0.2) is 4.33 Å². The summed E-state index contributed by atoms with van der Waals surface area (Å²) in [6.45, 7) is 2.22. The Balaban J connectivity index is 3.70. The maximum Gasteiger partial charge on any atom is 0.302 e. The first-order valence-corrected chi connectivity index (χ1v) is 11.7. The Hall–Kier alpha value is 1.07. The van der Waals surface area contributed by atoms with Crippen LogP contribution < -0.4 is 0 Å². The van der Waals surface area contributed by atoms with Crippen LogP contribution in [0.2, 0.25) is 0 Å². The van der Waals surface area contributed by atoms with Gasteiger partial charge in [0.2, 0.25) is 0 Å². The topological polar surface area (TPSA) is 54.4 Å². The average Bonchev–Trinajstić information content (AvgIpc) is 2.47. The molecule has 0 bridgehead atoms.